The van der Waals surface area contributed by atoms with E-state index in [2.05, 4.69) is 15.4 Å². The Morgan fingerprint density at radius 2 is 1.97 bits per heavy atom. The van der Waals surface area contributed by atoms with Crippen molar-refractivity contribution in [2.24, 2.45) is 0 Å². The molecule has 1 unspecified atom stereocenters. The standard InChI is InChI=1S/C19H15ClF4N4O/c1-11(7-12-3-2-4-14(21)8-12)27-15-10-26-28(18(29)17(15)20)16-6-5-13(9-25-16)19(22,23)24/h2-6,8-11,27H,7H2,1H3. The van der Waals surface area contributed by atoms with Crippen molar-refractivity contribution in [1.82, 2.24) is 14.8 Å². The summed E-state index contributed by atoms with van der Waals surface area (Å²) in [7, 11) is 0. The number of rotatable bonds is 5. The van der Waals surface area contributed by atoms with E-state index in [0.717, 1.165) is 22.4 Å². The normalized spacial score (nSPS) is 12.6. The Labute approximate surface area is 168 Å². The van der Waals surface area contributed by atoms with Crippen molar-refractivity contribution >= 4 is 17.3 Å². The molecule has 0 aliphatic carbocycles. The summed E-state index contributed by atoms with van der Waals surface area (Å²) in [6.07, 6.45) is -2.17. The third-order valence-electron chi connectivity index (χ3n) is 4.04. The van der Waals surface area contributed by atoms with Gasteiger partial charge in [-0.1, -0.05) is 23.7 Å². The van der Waals surface area contributed by atoms with Crippen LogP contribution in [-0.4, -0.2) is 20.8 Å². The van der Waals surface area contributed by atoms with Crippen LogP contribution in [0.25, 0.3) is 5.82 Å². The molecule has 152 valence electrons. The smallest absolute Gasteiger partial charge is 0.380 e. The van der Waals surface area contributed by atoms with Gasteiger partial charge in [-0.3, -0.25) is 4.79 Å². The number of nitrogens with zero attached hydrogens (tertiary/aromatic N) is 3. The van der Waals surface area contributed by atoms with Gasteiger partial charge in [0.1, 0.15) is 10.8 Å². The third-order valence-corrected chi connectivity index (χ3v) is 4.41. The van der Waals surface area contributed by atoms with Crippen LogP contribution in [0.4, 0.5) is 23.2 Å². The van der Waals surface area contributed by atoms with Crippen LogP contribution < -0.4 is 10.9 Å². The Morgan fingerprint density at radius 3 is 2.59 bits per heavy atom. The second-order valence-electron chi connectivity index (χ2n) is 6.37. The van der Waals surface area contributed by atoms with E-state index in [1.807, 2.05) is 6.92 Å². The number of hydrogen-bond acceptors (Lipinski definition) is 4. The van der Waals surface area contributed by atoms with Crippen molar-refractivity contribution in [2.75, 3.05) is 5.32 Å². The molecule has 0 spiro atoms. The molecule has 29 heavy (non-hydrogen) atoms. The van der Waals surface area contributed by atoms with E-state index in [-0.39, 0.29) is 28.4 Å². The second-order valence-corrected chi connectivity index (χ2v) is 6.75. The summed E-state index contributed by atoms with van der Waals surface area (Å²) < 4.78 is 52.0. The zero-order chi connectivity index (χ0) is 21.2. The van der Waals surface area contributed by atoms with Gasteiger partial charge in [-0.2, -0.15) is 23.0 Å². The molecular formula is C19H15ClF4N4O. The molecular weight excluding hydrogens is 412 g/mol. The second kappa shape index (κ2) is 8.20. The van der Waals surface area contributed by atoms with E-state index < -0.39 is 17.3 Å². The Bertz CT molecular complexity index is 1070. The number of benzene rings is 1. The van der Waals surface area contributed by atoms with Gasteiger partial charge in [-0.25, -0.2) is 9.37 Å². The molecule has 10 heteroatoms. The van der Waals surface area contributed by atoms with Crippen LogP contribution in [0.2, 0.25) is 5.02 Å². The largest absolute Gasteiger partial charge is 0.417 e. The van der Waals surface area contributed by atoms with Crippen molar-refractivity contribution < 1.29 is 17.6 Å². The molecule has 0 aliphatic rings. The van der Waals surface area contributed by atoms with Gasteiger partial charge in [0.2, 0.25) is 0 Å². The lowest BCUT2D eigenvalue weighted by Crippen LogP contribution is -2.26. The minimum atomic E-state index is -4.53. The number of halogens is 5. The van der Waals surface area contributed by atoms with Crippen LogP contribution in [0, 0.1) is 5.82 Å². The van der Waals surface area contributed by atoms with Gasteiger partial charge >= 0.3 is 6.18 Å². The summed E-state index contributed by atoms with van der Waals surface area (Å²) in [6.45, 7) is 1.82. The summed E-state index contributed by atoms with van der Waals surface area (Å²) in [4.78, 5) is 16.1. The van der Waals surface area contributed by atoms with E-state index >= 15 is 0 Å². The van der Waals surface area contributed by atoms with Gasteiger partial charge in [0, 0.05) is 12.2 Å². The summed E-state index contributed by atoms with van der Waals surface area (Å²) in [5.41, 5.74) is -0.660. The predicted molar refractivity (Wildman–Crippen MR) is 101 cm³/mol. The van der Waals surface area contributed by atoms with Crippen LogP contribution in [0.1, 0.15) is 18.1 Å². The highest BCUT2D eigenvalue weighted by molar-refractivity contribution is 6.32. The zero-order valence-corrected chi connectivity index (χ0v) is 15.8. The maximum Gasteiger partial charge on any atom is 0.417 e. The molecule has 3 rings (SSSR count). The number of anilines is 1. The maximum atomic E-state index is 13.3. The highest BCUT2D eigenvalue weighted by Gasteiger charge is 2.30. The minimum absolute atomic E-state index is 0.0933. The number of hydrogen-bond donors (Lipinski definition) is 1. The van der Waals surface area contributed by atoms with Gasteiger partial charge in [0.15, 0.2) is 5.82 Å². The van der Waals surface area contributed by atoms with E-state index in [1.54, 1.807) is 12.1 Å². The van der Waals surface area contributed by atoms with Gasteiger partial charge in [0.25, 0.3) is 5.56 Å². The predicted octanol–water partition coefficient (Wildman–Crippen LogP) is 4.48. The van der Waals surface area contributed by atoms with Gasteiger partial charge in [0.05, 0.1) is 17.4 Å². The summed E-state index contributed by atoms with van der Waals surface area (Å²) in [6, 6.07) is 7.77. The van der Waals surface area contributed by atoms with Crippen molar-refractivity contribution in [2.45, 2.75) is 25.6 Å². The highest BCUT2D eigenvalue weighted by Crippen LogP contribution is 2.28. The third kappa shape index (κ3) is 4.92. The molecule has 1 atom stereocenters. The minimum Gasteiger partial charge on any atom is -0.380 e. The van der Waals surface area contributed by atoms with E-state index in [9.17, 15) is 22.4 Å². The summed E-state index contributed by atoms with van der Waals surface area (Å²) >= 11 is 6.12. The summed E-state index contributed by atoms with van der Waals surface area (Å²) in [5.74, 6) is -0.440. The van der Waals surface area contributed by atoms with Crippen LogP contribution in [0.5, 0.6) is 0 Å². The average Bonchev–Trinajstić information content (AvgIpc) is 2.65. The first-order chi connectivity index (χ1) is 13.6. The van der Waals surface area contributed by atoms with E-state index in [1.165, 1.54) is 18.3 Å². The Kier molecular flexibility index (Phi) is 5.88. The molecule has 0 bridgehead atoms. The molecule has 1 aromatic carbocycles. The maximum absolute atomic E-state index is 13.3. The summed E-state index contributed by atoms with van der Waals surface area (Å²) in [5, 5.41) is 6.77. The molecule has 0 saturated carbocycles. The van der Waals surface area contributed by atoms with Crippen LogP contribution >= 0.6 is 11.6 Å². The molecule has 3 aromatic rings. The average molecular weight is 427 g/mol. The molecule has 0 aliphatic heterocycles. The Balaban J connectivity index is 1.79. The zero-order valence-electron chi connectivity index (χ0n) is 15.0. The van der Waals surface area contributed by atoms with Crippen molar-refractivity contribution in [1.29, 1.82) is 0 Å². The highest BCUT2D eigenvalue weighted by atomic mass is 35.5. The lowest BCUT2D eigenvalue weighted by molar-refractivity contribution is -0.137. The molecule has 0 radical (unpaired) electrons. The van der Waals surface area contributed by atoms with Crippen LogP contribution in [0.3, 0.4) is 0 Å². The fraction of sp³-hybridized carbons (Fsp3) is 0.211. The SMILES string of the molecule is CC(Cc1cccc(F)c1)Nc1cnn(-c2ccc(C(F)(F)F)cn2)c(=O)c1Cl. The first kappa shape index (κ1) is 20.8. The lowest BCUT2D eigenvalue weighted by Gasteiger charge is -2.16. The fourth-order valence-electron chi connectivity index (χ4n) is 2.71. The monoisotopic (exact) mass is 426 g/mol. The molecule has 0 fully saturated rings. The van der Waals surface area contributed by atoms with Gasteiger partial charge in [-0.15, -0.1) is 0 Å². The first-order valence-corrected chi connectivity index (χ1v) is 8.85. The molecule has 0 amide bonds. The molecule has 0 saturated heterocycles. The fourth-order valence-corrected chi connectivity index (χ4v) is 2.89. The lowest BCUT2D eigenvalue weighted by atomic mass is 10.1. The van der Waals surface area contributed by atoms with Crippen molar-refractivity contribution in [3.05, 3.63) is 81.1 Å². The number of aromatic nitrogens is 3. The van der Waals surface area contributed by atoms with Crippen molar-refractivity contribution in [3.63, 3.8) is 0 Å². The van der Waals surface area contributed by atoms with Gasteiger partial charge < -0.3 is 5.32 Å². The number of alkyl halides is 3. The molecule has 2 heterocycles. The molecule has 1 N–H and O–H groups in total. The Hall–Kier alpha value is -2.94. The first-order valence-electron chi connectivity index (χ1n) is 8.47. The van der Waals surface area contributed by atoms with Crippen LogP contribution in [-0.2, 0) is 12.6 Å². The van der Waals surface area contributed by atoms with Crippen LogP contribution in [0.15, 0.2) is 53.6 Å². The topological polar surface area (TPSA) is 59.8 Å². The van der Waals surface area contributed by atoms with Crippen molar-refractivity contribution in [3.8, 4) is 5.82 Å². The molecule has 2 aromatic heterocycles. The van der Waals surface area contributed by atoms with E-state index in [4.69, 9.17) is 11.6 Å². The Morgan fingerprint density at radius 1 is 1.21 bits per heavy atom. The molecule has 5 nitrogen and oxygen atoms in total. The van der Waals surface area contributed by atoms with E-state index in [0.29, 0.717) is 12.6 Å². The quantitative estimate of drug-likeness (QED) is 0.611. The number of nitrogens with one attached hydrogen (secondary N) is 1. The van der Waals surface area contributed by atoms with Gasteiger partial charge in [-0.05, 0) is 43.2 Å². The number of pyridine rings is 1.